The molecule has 9 heteroatoms. The third kappa shape index (κ3) is 5.42. The van der Waals surface area contributed by atoms with Crippen molar-refractivity contribution in [2.75, 3.05) is 32.5 Å². The van der Waals surface area contributed by atoms with Crippen LogP contribution in [0.3, 0.4) is 0 Å². The average molecular weight is 353 g/mol. The third-order valence-electron chi connectivity index (χ3n) is 3.18. The van der Waals surface area contributed by atoms with Crippen LogP contribution in [0, 0.1) is 0 Å². The van der Waals surface area contributed by atoms with Gasteiger partial charge in [0.25, 0.3) is 5.91 Å². The van der Waals surface area contributed by atoms with Crippen LogP contribution in [0.15, 0.2) is 36.5 Å². The number of likely N-dealkylation sites (N-methyl/N-ethyl adjacent to an activating group) is 1. The molecule has 0 fully saturated rings. The first kappa shape index (κ1) is 18.7. The molecule has 0 aliphatic carbocycles. The molecule has 25 heavy (non-hydrogen) atoms. The molecule has 0 atom stereocenters. The Balaban J connectivity index is 2.23. The number of benzene rings is 1. The number of aromatic nitrogens is 2. The van der Waals surface area contributed by atoms with E-state index in [9.17, 15) is 18.0 Å². The number of rotatable bonds is 6. The lowest BCUT2D eigenvalue weighted by Gasteiger charge is -2.14. The smallest absolute Gasteiger partial charge is 0.351 e. The Hall–Kier alpha value is -2.68. The van der Waals surface area contributed by atoms with Gasteiger partial charge in [0.15, 0.2) is 5.69 Å². The van der Waals surface area contributed by atoms with E-state index >= 15 is 0 Å². The summed E-state index contributed by atoms with van der Waals surface area (Å²) in [5.41, 5.74) is -1.34. The number of hydrogen-bond acceptors (Lipinski definition) is 5. The highest BCUT2D eigenvalue weighted by Crippen LogP contribution is 2.31. The minimum absolute atomic E-state index is 0.215. The van der Waals surface area contributed by atoms with Crippen molar-refractivity contribution >= 4 is 17.5 Å². The van der Waals surface area contributed by atoms with Gasteiger partial charge in [-0.05, 0) is 26.2 Å². The lowest BCUT2D eigenvalue weighted by molar-refractivity contribution is -0.141. The Labute approximate surface area is 143 Å². The highest BCUT2D eigenvalue weighted by molar-refractivity contribution is 5.95. The van der Waals surface area contributed by atoms with Gasteiger partial charge in [-0.2, -0.15) is 13.2 Å². The number of carbonyl (C=O) groups is 1. The minimum Gasteiger partial charge on any atom is -0.351 e. The Kier molecular flexibility index (Phi) is 5.92. The monoisotopic (exact) mass is 353 g/mol. The fraction of sp³-hybridized carbons (Fsp3) is 0.312. The Morgan fingerprint density at radius 3 is 2.48 bits per heavy atom. The lowest BCUT2D eigenvalue weighted by atomic mass is 10.2. The molecule has 1 aromatic heterocycles. The highest BCUT2D eigenvalue weighted by Gasteiger charge is 2.38. The van der Waals surface area contributed by atoms with Crippen LogP contribution >= 0.6 is 0 Å². The number of carbonyl (C=O) groups excluding carboxylic acids is 1. The number of hydrogen-bond donors (Lipinski definition) is 2. The molecule has 0 saturated heterocycles. The summed E-state index contributed by atoms with van der Waals surface area (Å²) in [4.78, 5) is 21.1. The van der Waals surface area contributed by atoms with Crippen molar-refractivity contribution in [3.05, 3.63) is 47.8 Å². The molecule has 2 rings (SSSR count). The largest absolute Gasteiger partial charge is 0.434 e. The fourth-order valence-electron chi connectivity index (χ4n) is 1.96. The molecule has 1 heterocycles. The lowest BCUT2D eigenvalue weighted by Crippen LogP contribution is -2.33. The van der Waals surface area contributed by atoms with Crippen LogP contribution in [0.1, 0.15) is 16.1 Å². The van der Waals surface area contributed by atoms with Gasteiger partial charge in [0.2, 0.25) is 5.95 Å². The average Bonchev–Trinajstić information content (AvgIpc) is 2.54. The van der Waals surface area contributed by atoms with Crippen molar-refractivity contribution in [2.45, 2.75) is 6.18 Å². The second kappa shape index (κ2) is 7.93. The van der Waals surface area contributed by atoms with Crippen LogP contribution in [0.4, 0.5) is 24.8 Å². The van der Waals surface area contributed by atoms with Crippen molar-refractivity contribution in [3.8, 4) is 0 Å². The summed E-state index contributed by atoms with van der Waals surface area (Å²) in [6, 6.07) is 8.55. The molecular formula is C16H18F3N5O. The van der Waals surface area contributed by atoms with Gasteiger partial charge in [0.05, 0.1) is 5.56 Å². The van der Waals surface area contributed by atoms with E-state index in [1.807, 2.05) is 0 Å². The molecule has 0 spiro atoms. The first-order valence-electron chi connectivity index (χ1n) is 7.46. The maximum atomic E-state index is 13.3. The molecule has 134 valence electrons. The number of nitrogens with one attached hydrogen (secondary N) is 2. The number of alkyl halides is 3. The van der Waals surface area contributed by atoms with Gasteiger partial charge in [-0.1, -0.05) is 18.2 Å². The summed E-state index contributed by atoms with van der Waals surface area (Å²) in [6.07, 6.45) is -3.89. The summed E-state index contributed by atoms with van der Waals surface area (Å²) >= 11 is 0. The van der Waals surface area contributed by atoms with Gasteiger partial charge in [0.1, 0.15) is 0 Å². The van der Waals surface area contributed by atoms with Crippen molar-refractivity contribution in [1.29, 1.82) is 0 Å². The molecule has 0 saturated carbocycles. The SMILES string of the molecule is CN(C)CCNC(=O)c1cnc(Nc2ccccc2)nc1C(F)(F)F. The van der Waals surface area contributed by atoms with E-state index in [1.54, 1.807) is 49.3 Å². The van der Waals surface area contributed by atoms with Crippen LogP contribution in [0.25, 0.3) is 0 Å². The first-order valence-corrected chi connectivity index (χ1v) is 7.46. The fourth-order valence-corrected chi connectivity index (χ4v) is 1.96. The zero-order valence-electron chi connectivity index (χ0n) is 13.8. The molecule has 2 N–H and O–H groups in total. The van der Waals surface area contributed by atoms with E-state index < -0.39 is 23.3 Å². The second-order valence-electron chi connectivity index (χ2n) is 5.50. The van der Waals surface area contributed by atoms with E-state index in [-0.39, 0.29) is 12.5 Å². The predicted molar refractivity (Wildman–Crippen MR) is 87.6 cm³/mol. The quantitative estimate of drug-likeness (QED) is 0.835. The topological polar surface area (TPSA) is 70.2 Å². The van der Waals surface area contributed by atoms with Crippen molar-refractivity contribution in [2.24, 2.45) is 0 Å². The molecule has 0 unspecified atom stereocenters. The highest BCUT2D eigenvalue weighted by atomic mass is 19.4. The van der Waals surface area contributed by atoms with Crippen LogP contribution < -0.4 is 10.6 Å². The number of anilines is 2. The molecule has 1 amide bonds. The van der Waals surface area contributed by atoms with E-state index in [0.29, 0.717) is 12.2 Å². The van der Waals surface area contributed by atoms with E-state index in [0.717, 1.165) is 6.20 Å². The van der Waals surface area contributed by atoms with E-state index in [2.05, 4.69) is 20.6 Å². The summed E-state index contributed by atoms with van der Waals surface area (Å²) in [6.45, 7) is 0.717. The van der Waals surface area contributed by atoms with Crippen molar-refractivity contribution in [3.63, 3.8) is 0 Å². The molecular weight excluding hydrogens is 335 g/mol. The van der Waals surface area contributed by atoms with Crippen molar-refractivity contribution < 1.29 is 18.0 Å². The molecule has 6 nitrogen and oxygen atoms in total. The Morgan fingerprint density at radius 1 is 1.20 bits per heavy atom. The van der Waals surface area contributed by atoms with Crippen LogP contribution in [-0.4, -0.2) is 48.0 Å². The maximum Gasteiger partial charge on any atom is 0.434 e. The molecule has 0 aliphatic heterocycles. The Morgan fingerprint density at radius 2 is 1.88 bits per heavy atom. The van der Waals surface area contributed by atoms with Crippen molar-refractivity contribution in [1.82, 2.24) is 20.2 Å². The molecule has 0 aliphatic rings. The minimum atomic E-state index is -4.77. The van der Waals surface area contributed by atoms with Gasteiger partial charge < -0.3 is 15.5 Å². The third-order valence-corrected chi connectivity index (χ3v) is 3.18. The maximum absolute atomic E-state index is 13.3. The number of halogens is 3. The van der Waals surface area contributed by atoms with Gasteiger partial charge in [-0.15, -0.1) is 0 Å². The molecule has 1 aromatic carbocycles. The summed E-state index contributed by atoms with van der Waals surface area (Å²) in [5, 5.41) is 5.11. The van der Waals surface area contributed by atoms with Gasteiger partial charge in [-0.25, -0.2) is 9.97 Å². The van der Waals surface area contributed by atoms with Gasteiger partial charge in [0, 0.05) is 25.0 Å². The number of nitrogens with zero attached hydrogens (tertiary/aromatic N) is 3. The molecule has 2 aromatic rings. The number of amides is 1. The summed E-state index contributed by atoms with van der Waals surface area (Å²) < 4.78 is 39.8. The van der Waals surface area contributed by atoms with Gasteiger partial charge in [-0.3, -0.25) is 4.79 Å². The first-order chi connectivity index (χ1) is 11.8. The predicted octanol–water partition coefficient (Wildman–Crippen LogP) is 2.53. The summed E-state index contributed by atoms with van der Waals surface area (Å²) in [7, 11) is 3.58. The second-order valence-corrected chi connectivity index (χ2v) is 5.50. The molecule has 0 bridgehead atoms. The zero-order valence-corrected chi connectivity index (χ0v) is 13.8. The van der Waals surface area contributed by atoms with Crippen LogP contribution in [-0.2, 0) is 6.18 Å². The van der Waals surface area contributed by atoms with E-state index in [1.165, 1.54) is 0 Å². The molecule has 0 radical (unpaired) electrons. The zero-order chi connectivity index (χ0) is 18.4. The van der Waals surface area contributed by atoms with Gasteiger partial charge >= 0.3 is 6.18 Å². The standard InChI is InChI=1S/C16H18F3N5O/c1-24(2)9-8-20-14(25)12-10-21-15(23-13(12)16(17,18)19)22-11-6-4-3-5-7-11/h3-7,10H,8-9H2,1-2H3,(H,20,25)(H,21,22,23). The van der Waals surface area contributed by atoms with Crippen LogP contribution in [0.5, 0.6) is 0 Å². The van der Waals surface area contributed by atoms with Crippen LogP contribution in [0.2, 0.25) is 0 Å². The summed E-state index contributed by atoms with van der Waals surface area (Å²) in [5.74, 6) is -1.09. The number of para-hydroxylation sites is 1. The Bertz CT molecular complexity index is 719. The van der Waals surface area contributed by atoms with E-state index in [4.69, 9.17) is 0 Å². The normalized spacial score (nSPS) is 11.4.